The van der Waals surface area contributed by atoms with Crippen LogP contribution in [0.3, 0.4) is 0 Å². The van der Waals surface area contributed by atoms with E-state index in [2.05, 4.69) is 53.9 Å². The van der Waals surface area contributed by atoms with Crippen molar-refractivity contribution in [2.24, 2.45) is 7.05 Å². The first-order valence-electron chi connectivity index (χ1n) is 5.73. The number of pyridine rings is 1. The molecular formula is C15H14N2. The number of hydrogen-bond donors (Lipinski definition) is 0. The molecule has 0 fully saturated rings. The van der Waals surface area contributed by atoms with E-state index in [0.717, 1.165) is 0 Å². The third-order valence-electron chi connectivity index (χ3n) is 3.30. The summed E-state index contributed by atoms with van der Waals surface area (Å²) in [5.41, 5.74) is 5.00. The molecule has 2 aromatic heterocycles. The van der Waals surface area contributed by atoms with Gasteiger partial charge in [0.05, 0.1) is 5.69 Å². The van der Waals surface area contributed by atoms with Crippen molar-refractivity contribution >= 4 is 10.9 Å². The van der Waals surface area contributed by atoms with Gasteiger partial charge in [-0.2, -0.15) is 0 Å². The van der Waals surface area contributed by atoms with Crippen molar-refractivity contribution in [3.63, 3.8) is 0 Å². The third kappa shape index (κ3) is 1.45. The van der Waals surface area contributed by atoms with Crippen LogP contribution in [0.15, 0.2) is 48.8 Å². The molecule has 2 heterocycles. The van der Waals surface area contributed by atoms with Crippen molar-refractivity contribution < 1.29 is 0 Å². The second kappa shape index (κ2) is 3.74. The summed E-state index contributed by atoms with van der Waals surface area (Å²) in [6.45, 7) is 2.17. The highest BCUT2D eigenvalue weighted by molar-refractivity contribution is 5.91. The number of aromatic nitrogens is 2. The summed E-state index contributed by atoms with van der Waals surface area (Å²) in [4.78, 5) is 4.20. The zero-order chi connectivity index (χ0) is 11.8. The van der Waals surface area contributed by atoms with Crippen molar-refractivity contribution in [1.82, 2.24) is 9.55 Å². The summed E-state index contributed by atoms with van der Waals surface area (Å²) in [7, 11) is 2.11. The lowest BCUT2D eigenvalue weighted by Gasteiger charge is -2.05. The molecule has 0 N–H and O–H groups in total. The Balaban J connectivity index is 2.38. The number of benzene rings is 1. The van der Waals surface area contributed by atoms with Crippen LogP contribution < -0.4 is 0 Å². The van der Waals surface area contributed by atoms with Crippen LogP contribution in [0.25, 0.3) is 22.2 Å². The van der Waals surface area contributed by atoms with Gasteiger partial charge in [0.25, 0.3) is 0 Å². The fraction of sp³-hybridized carbons (Fsp3) is 0.133. The Hall–Kier alpha value is -2.09. The van der Waals surface area contributed by atoms with Crippen LogP contribution in [-0.2, 0) is 7.05 Å². The van der Waals surface area contributed by atoms with Crippen molar-refractivity contribution in [2.75, 3.05) is 0 Å². The van der Waals surface area contributed by atoms with Gasteiger partial charge in [-0.1, -0.05) is 18.2 Å². The van der Waals surface area contributed by atoms with Crippen LogP contribution in [0.4, 0.5) is 0 Å². The van der Waals surface area contributed by atoms with E-state index >= 15 is 0 Å². The molecule has 3 aromatic rings. The standard InChI is InChI=1S/C15H14N2/c1-11-13-7-3-4-8-14(13)17(2)15(11)12-6-5-9-16-10-12/h3-10H,1-2H3. The van der Waals surface area contributed by atoms with Crippen molar-refractivity contribution in [3.05, 3.63) is 54.4 Å². The molecule has 0 aliphatic carbocycles. The fourth-order valence-electron chi connectivity index (χ4n) is 2.50. The highest BCUT2D eigenvalue weighted by atomic mass is 15.0. The minimum Gasteiger partial charge on any atom is -0.343 e. The molecule has 0 saturated carbocycles. The van der Waals surface area contributed by atoms with Crippen LogP contribution in [0.5, 0.6) is 0 Å². The maximum atomic E-state index is 4.20. The smallest absolute Gasteiger partial charge is 0.0533 e. The quantitative estimate of drug-likeness (QED) is 0.615. The molecule has 1 aromatic carbocycles. The zero-order valence-electron chi connectivity index (χ0n) is 10.0. The predicted molar refractivity (Wildman–Crippen MR) is 70.9 cm³/mol. The molecule has 0 atom stereocenters. The van der Waals surface area contributed by atoms with E-state index in [4.69, 9.17) is 0 Å². The Bertz CT molecular complexity index is 627. The van der Waals surface area contributed by atoms with E-state index in [-0.39, 0.29) is 0 Å². The molecule has 0 spiro atoms. The molecule has 0 amide bonds. The Morgan fingerprint density at radius 1 is 1.06 bits per heavy atom. The summed E-state index contributed by atoms with van der Waals surface area (Å²) in [6, 6.07) is 12.6. The van der Waals surface area contributed by atoms with Crippen LogP contribution >= 0.6 is 0 Å². The van der Waals surface area contributed by atoms with Crippen LogP contribution in [0.2, 0.25) is 0 Å². The maximum absolute atomic E-state index is 4.20. The van der Waals surface area contributed by atoms with E-state index in [1.807, 2.05) is 18.5 Å². The van der Waals surface area contributed by atoms with Gasteiger partial charge in [0, 0.05) is 35.9 Å². The Morgan fingerprint density at radius 2 is 1.88 bits per heavy atom. The molecule has 84 valence electrons. The summed E-state index contributed by atoms with van der Waals surface area (Å²) in [6.07, 6.45) is 3.72. The first kappa shape index (κ1) is 10.1. The molecule has 0 saturated heterocycles. The first-order chi connectivity index (χ1) is 8.29. The van der Waals surface area contributed by atoms with Gasteiger partial charge in [0.2, 0.25) is 0 Å². The molecule has 0 unspecified atom stereocenters. The number of hydrogen-bond acceptors (Lipinski definition) is 1. The summed E-state index contributed by atoms with van der Waals surface area (Å²) >= 11 is 0. The van der Waals surface area contributed by atoms with E-state index < -0.39 is 0 Å². The summed E-state index contributed by atoms with van der Waals surface area (Å²) < 4.78 is 2.24. The summed E-state index contributed by atoms with van der Waals surface area (Å²) in [5, 5.41) is 1.31. The van der Waals surface area contributed by atoms with Gasteiger partial charge in [-0.3, -0.25) is 4.98 Å². The Morgan fingerprint density at radius 3 is 2.59 bits per heavy atom. The average molecular weight is 222 g/mol. The van der Waals surface area contributed by atoms with E-state index in [1.165, 1.54) is 27.7 Å². The fourth-order valence-corrected chi connectivity index (χ4v) is 2.50. The molecule has 0 aliphatic rings. The third-order valence-corrected chi connectivity index (χ3v) is 3.30. The predicted octanol–water partition coefficient (Wildman–Crippen LogP) is 3.55. The lowest BCUT2D eigenvalue weighted by molar-refractivity contribution is 0.972. The van der Waals surface area contributed by atoms with Gasteiger partial charge < -0.3 is 4.57 Å². The monoisotopic (exact) mass is 222 g/mol. The normalized spacial score (nSPS) is 10.9. The molecule has 2 heteroatoms. The number of aryl methyl sites for hydroxylation is 2. The highest BCUT2D eigenvalue weighted by Crippen LogP contribution is 2.31. The minimum absolute atomic E-state index is 1.17. The van der Waals surface area contributed by atoms with Crippen LogP contribution in [-0.4, -0.2) is 9.55 Å². The minimum atomic E-state index is 1.17. The van der Waals surface area contributed by atoms with Crippen LogP contribution in [0, 0.1) is 6.92 Å². The van der Waals surface area contributed by atoms with Gasteiger partial charge in [-0.25, -0.2) is 0 Å². The second-order valence-electron chi connectivity index (χ2n) is 4.29. The van der Waals surface area contributed by atoms with E-state index in [0.29, 0.717) is 0 Å². The maximum Gasteiger partial charge on any atom is 0.0533 e. The topological polar surface area (TPSA) is 17.8 Å². The number of para-hydroxylation sites is 1. The van der Waals surface area contributed by atoms with Crippen molar-refractivity contribution in [1.29, 1.82) is 0 Å². The highest BCUT2D eigenvalue weighted by Gasteiger charge is 2.12. The van der Waals surface area contributed by atoms with E-state index in [1.54, 1.807) is 0 Å². The molecule has 0 aliphatic heterocycles. The number of rotatable bonds is 1. The van der Waals surface area contributed by atoms with Crippen molar-refractivity contribution in [2.45, 2.75) is 6.92 Å². The molecule has 2 nitrogen and oxygen atoms in total. The molecule has 17 heavy (non-hydrogen) atoms. The van der Waals surface area contributed by atoms with Gasteiger partial charge >= 0.3 is 0 Å². The number of nitrogens with zero attached hydrogens (tertiary/aromatic N) is 2. The number of fused-ring (bicyclic) bond motifs is 1. The zero-order valence-corrected chi connectivity index (χ0v) is 10.0. The van der Waals surface area contributed by atoms with E-state index in [9.17, 15) is 0 Å². The molecule has 0 radical (unpaired) electrons. The first-order valence-corrected chi connectivity index (χ1v) is 5.73. The van der Waals surface area contributed by atoms with Crippen molar-refractivity contribution in [3.8, 4) is 11.3 Å². The molecule has 0 bridgehead atoms. The second-order valence-corrected chi connectivity index (χ2v) is 4.29. The van der Waals surface area contributed by atoms with Crippen LogP contribution in [0.1, 0.15) is 5.56 Å². The Kier molecular flexibility index (Phi) is 2.22. The average Bonchev–Trinajstić information content (AvgIpc) is 2.64. The van der Waals surface area contributed by atoms with Gasteiger partial charge in [0.1, 0.15) is 0 Å². The van der Waals surface area contributed by atoms with Gasteiger partial charge in [0.15, 0.2) is 0 Å². The SMILES string of the molecule is Cc1c(-c2cccnc2)n(C)c2ccccc12. The summed E-state index contributed by atoms with van der Waals surface area (Å²) in [5.74, 6) is 0. The molecular weight excluding hydrogens is 208 g/mol. The van der Waals surface area contributed by atoms with Gasteiger partial charge in [-0.15, -0.1) is 0 Å². The largest absolute Gasteiger partial charge is 0.343 e. The van der Waals surface area contributed by atoms with Gasteiger partial charge in [-0.05, 0) is 30.7 Å². The Labute approximate surface area is 101 Å². The lowest BCUT2D eigenvalue weighted by Crippen LogP contribution is -1.92. The molecule has 3 rings (SSSR count). The lowest BCUT2D eigenvalue weighted by atomic mass is 10.1.